The van der Waals surface area contributed by atoms with E-state index in [0.29, 0.717) is 13.0 Å². The molecule has 1 spiro atoms. The van der Waals surface area contributed by atoms with Crippen molar-refractivity contribution in [2.45, 2.75) is 83.1 Å². The molecule has 9 heteroatoms. The Morgan fingerprint density at radius 1 is 1.42 bits per heavy atom. The molecule has 3 heterocycles. The third kappa shape index (κ3) is 6.62. The highest BCUT2D eigenvalue weighted by Crippen LogP contribution is 2.51. The molecule has 1 amide bonds. The molecule has 2 aliphatic rings. The van der Waals surface area contributed by atoms with Crippen LogP contribution in [0.5, 0.6) is 5.75 Å². The van der Waals surface area contributed by atoms with E-state index in [9.17, 15) is 9.90 Å². The summed E-state index contributed by atoms with van der Waals surface area (Å²) in [5, 5.41) is 17.5. The van der Waals surface area contributed by atoms with Crippen molar-refractivity contribution in [3.8, 4) is 17.1 Å². The van der Waals surface area contributed by atoms with Crippen LogP contribution in [-0.4, -0.2) is 63.6 Å². The first kappa shape index (κ1) is 28.3. The summed E-state index contributed by atoms with van der Waals surface area (Å²) in [6.45, 7) is 10.7. The van der Waals surface area contributed by atoms with Crippen molar-refractivity contribution in [2.75, 3.05) is 20.3 Å². The fourth-order valence-corrected chi connectivity index (χ4v) is 5.39. The molecule has 0 unspecified atom stereocenters. The van der Waals surface area contributed by atoms with Crippen LogP contribution in [0.15, 0.2) is 31.2 Å². The van der Waals surface area contributed by atoms with Gasteiger partial charge >= 0.3 is 0 Å². The predicted octanol–water partition coefficient (Wildman–Crippen LogP) is 3.47. The van der Waals surface area contributed by atoms with E-state index in [4.69, 9.17) is 14.5 Å². The molecule has 9 nitrogen and oxygen atoms in total. The number of nitrogens with one attached hydrogen (secondary N) is 2. The number of hydrogen-bond acceptors (Lipinski definition) is 7. The molecule has 4 rings (SSSR count). The highest BCUT2D eigenvalue weighted by molar-refractivity contribution is 5.77. The van der Waals surface area contributed by atoms with Crippen molar-refractivity contribution < 1.29 is 19.4 Å². The number of amides is 1. The van der Waals surface area contributed by atoms with Crippen molar-refractivity contribution in [1.29, 1.82) is 0 Å². The van der Waals surface area contributed by atoms with Gasteiger partial charge in [0.15, 0.2) is 5.75 Å². The number of fused-ring (bicyclic) bond motifs is 1. The molecule has 0 saturated heterocycles. The molecular formula is C29H43N5O4. The van der Waals surface area contributed by atoms with E-state index in [0.717, 1.165) is 60.5 Å². The summed E-state index contributed by atoms with van der Waals surface area (Å²) in [7, 11) is 3.42. The lowest BCUT2D eigenvalue weighted by molar-refractivity contribution is -0.126. The Morgan fingerprint density at radius 2 is 2.18 bits per heavy atom. The van der Waals surface area contributed by atoms with E-state index in [1.54, 1.807) is 12.4 Å². The van der Waals surface area contributed by atoms with E-state index < -0.39 is 12.1 Å². The third-order valence-corrected chi connectivity index (χ3v) is 7.33. The van der Waals surface area contributed by atoms with Gasteiger partial charge in [0.2, 0.25) is 5.91 Å². The fourth-order valence-electron chi connectivity index (χ4n) is 5.39. The second-order valence-corrected chi connectivity index (χ2v) is 12.0. The number of nitrogens with zero attached hydrogens (tertiary/aromatic N) is 3. The van der Waals surface area contributed by atoms with Crippen molar-refractivity contribution in [2.24, 2.45) is 12.5 Å². The first-order chi connectivity index (χ1) is 18.0. The zero-order valence-electron chi connectivity index (χ0n) is 23.4. The number of hydrogen-bond donors (Lipinski definition) is 3. The van der Waals surface area contributed by atoms with Gasteiger partial charge in [-0.2, -0.15) is 0 Å². The van der Waals surface area contributed by atoms with E-state index in [2.05, 4.69) is 49.0 Å². The topological polar surface area (TPSA) is 111 Å². The first-order valence-electron chi connectivity index (χ1n) is 13.5. The number of aryl methyl sites for hydroxylation is 1. The number of carbonyl (C=O) groups excluding carboxylic acids is 1. The van der Waals surface area contributed by atoms with Crippen LogP contribution in [0.2, 0.25) is 0 Å². The predicted molar refractivity (Wildman–Crippen MR) is 147 cm³/mol. The van der Waals surface area contributed by atoms with Gasteiger partial charge < -0.3 is 29.8 Å². The van der Waals surface area contributed by atoms with Crippen molar-refractivity contribution in [3.63, 3.8) is 0 Å². The average molecular weight is 526 g/mol. The van der Waals surface area contributed by atoms with Crippen LogP contribution in [0, 0.1) is 5.41 Å². The maximum atomic E-state index is 12.1. The summed E-state index contributed by atoms with van der Waals surface area (Å²) in [6.07, 6.45) is 9.86. The van der Waals surface area contributed by atoms with Crippen molar-refractivity contribution in [1.82, 2.24) is 25.2 Å². The largest absolute Gasteiger partial charge is 0.485 e. The Labute approximate surface area is 226 Å². The molecule has 208 valence electrons. The van der Waals surface area contributed by atoms with Crippen molar-refractivity contribution in [3.05, 3.63) is 42.5 Å². The third-order valence-electron chi connectivity index (χ3n) is 7.33. The first-order valence-corrected chi connectivity index (χ1v) is 13.5. The number of imidazole rings is 1. The van der Waals surface area contributed by atoms with E-state index >= 15 is 0 Å². The molecule has 0 bridgehead atoms. The van der Waals surface area contributed by atoms with Gasteiger partial charge in [0.05, 0.1) is 18.5 Å². The lowest BCUT2D eigenvalue weighted by Gasteiger charge is -2.48. The molecule has 1 fully saturated rings. The standard InChI is InChI=1S/C29H43N5O4/c1-7-9-21(33-25(36)17-37-6)24(35)15-30-22-14-29(10-8-11-29)38-27-20(22)12-19(13-28(2,3)4)32-26(27)23-16-34(5)18-31-23/h7,12,16,18,21-22,24,30,35H,1,8-11,13-15,17H2,2-6H3,(H,33,36)/t21-,22-,24+/m0/s1. The summed E-state index contributed by atoms with van der Waals surface area (Å²) in [5.41, 5.74) is 3.44. The normalized spacial score (nSPS) is 19.7. The molecule has 2 aromatic rings. The van der Waals surface area contributed by atoms with Gasteiger partial charge in [0.1, 0.15) is 23.6 Å². The minimum atomic E-state index is -0.802. The van der Waals surface area contributed by atoms with E-state index in [1.807, 2.05) is 17.8 Å². The quantitative estimate of drug-likeness (QED) is 0.385. The highest BCUT2D eigenvalue weighted by atomic mass is 16.5. The second kappa shape index (κ2) is 11.6. The molecule has 1 aliphatic carbocycles. The molecule has 1 aliphatic heterocycles. The van der Waals surface area contributed by atoms with Crippen LogP contribution < -0.4 is 15.4 Å². The maximum absolute atomic E-state index is 12.1. The molecule has 0 radical (unpaired) electrons. The molecule has 3 N–H and O–H groups in total. The minimum Gasteiger partial charge on any atom is -0.485 e. The number of rotatable bonds is 11. The highest BCUT2D eigenvalue weighted by Gasteiger charge is 2.47. The number of methoxy groups -OCH3 is 1. The molecule has 3 atom stereocenters. The Morgan fingerprint density at radius 3 is 2.76 bits per heavy atom. The smallest absolute Gasteiger partial charge is 0.246 e. The summed E-state index contributed by atoms with van der Waals surface area (Å²) in [5.74, 6) is 0.525. The Hall–Kier alpha value is -2.75. The molecule has 38 heavy (non-hydrogen) atoms. The van der Waals surface area contributed by atoms with Gasteiger partial charge in [-0.1, -0.05) is 26.8 Å². The Balaban J connectivity index is 1.65. The minimum absolute atomic E-state index is 0.0306. The number of aromatic nitrogens is 3. The summed E-state index contributed by atoms with van der Waals surface area (Å²) in [4.78, 5) is 21.8. The average Bonchev–Trinajstić information content (AvgIpc) is 3.25. The molecule has 1 saturated carbocycles. The number of aliphatic hydroxyl groups excluding tert-OH is 1. The summed E-state index contributed by atoms with van der Waals surface area (Å²) >= 11 is 0. The van der Waals surface area contributed by atoms with Gasteiger partial charge in [-0.25, -0.2) is 9.97 Å². The number of carbonyl (C=O) groups is 1. The molecule has 2 aromatic heterocycles. The number of ether oxygens (including phenoxy) is 2. The van der Waals surface area contributed by atoms with Crippen LogP contribution in [0.4, 0.5) is 0 Å². The van der Waals surface area contributed by atoms with Crippen LogP contribution in [0.25, 0.3) is 11.4 Å². The van der Waals surface area contributed by atoms with Gasteiger partial charge in [-0.05, 0) is 43.6 Å². The van der Waals surface area contributed by atoms with Gasteiger partial charge in [-0.3, -0.25) is 4.79 Å². The lowest BCUT2D eigenvalue weighted by Crippen LogP contribution is -2.52. The van der Waals surface area contributed by atoms with Crippen LogP contribution >= 0.6 is 0 Å². The fraction of sp³-hybridized carbons (Fsp3) is 0.621. The van der Waals surface area contributed by atoms with Crippen LogP contribution in [0.3, 0.4) is 0 Å². The Bertz CT molecular complexity index is 1130. The number of pyridine rings is 1. The van der Waals surface area contributed by atoms with Gasteiger partial charge in [0, 0.05) is 50.6 Å². The van der Waals surface area contributed by atoms with E-state index in [-0.39, 0.29) is 29.6 Å². The molecular weight excluding hydrogens is 482 g/mol. The maximum Gasteiger partial charge on any atom is 0.246 e. The van der Waals surface area contributed by atoms with Crippen LogP contribution in [0.1, 0.15) is 70.2 Å². The molecule has 0 aromatic carbocycles. The zero-order chi connectivity index (χ0) is 27.5. The van der Waals surface area contributed by atoms with Gasteiger partial charge in [0.25, 0.3) is 0 Å². The SMILES string of the molecule is C=CC[C@H](NC(=O)COC)[C@H](O)CN[C@H]1CC2(CCC2)Oc2c1cc(CC(C)(C)C)nc2-c1cn(C)cn1. The lowest BCUT2D eigenvalue weighted by atomic mass is 9.72. The summed E-state index contributed by atoms with van der Waals surface area (Å²) < 4.78 is 13.6. The number of aliphatic hydroxyl groups is 1. The Kier molecular flexibility index (Phi) is 8.59. The zero-order valence-corrected chi connectivity index (χ0v) is 23.4. The second-order valence-electron chi connectivity index (χ2n) is 12.0. The van der Waals surface area contributed by atoms with E-state index in [1.165, 1.54) is 7.11 Å². The summed E-state index contributed by atoms with van der Waals surface area (Å²) in [6, 6.07) is 1.67. The van der Waals surface area contributed by atoms with Gasteiger partial charge in [-0.15, -0.1) is 6.58 Å². The van der Waals surface area contributed by atoms with Crippen LogP contribution in [-0.2, 0) is 23.0 Å². The monoisotopic (exact) mass is 525 g/mol. The van der Waals surface area contributed by atoms with Crippen molar-refractivity contribution >= 4 is 5.91 Å².